The van der Waals surface area contributed by atoms with E-state index in [1.54, 1.807) is 47.5 Å². The largest absolute Gasteiger partial charge is 0.479 e. The third kappa shape index (κ3) is 5.87. The molecule has 0 unspecified atom stereocenters. The second-order valence-corrected chi connectivity index (χ2v) is 11.4. The van der Waals surface area contributed by atoms with Crippen molar-refractivity contribution in [3.05, 3.63) is 64.1 Å². The number of anilines is 2. The van der Waals surface area contributed by atoms with Crippen molar-refractivity contribution in [3.8, 4) is 5.75 Å². The molecule has 13 heteroatoms. The monoisotopic (exact) mass is 574 g/mol. The van der Waals surface area contributed by atoms with Crippen LogP contribution in [0, 0.1) is 0 Å². The molecule has 1 aliphatic heterocycles. The number of sulfonamides is 1. The summed E-state index contributed by atoms with van der Waals surface area (Å²) in [4.78, 5) is 20.8. The van der Waals surface area contributed by atoms with Gasteiger partial charge in [-0.1, -0.05) is 29.3 Å². The molecular weight excluding hydrogens is 547 g/mol. The summed E-state index contributed by atoms with van der Waals surface area (Å²) in [7, 11) is -3.75. The molecular formula is C23H28Cl2N4O5S2. The normalized spacial score (nSPS) is 17.1. The number of hydrogen-bond donors (Lipinski definition) is 2. The lowest BCUT2D eigenvalue weighted by Crippen LogP contribution is -2.59. The summed E-state index contributed by atoms with van der Waals surface area (Å²) in [6.45, 7) is 2.61. The standard InChI is InChI=1S/C23H24Cl2N4O5S2.2H2/c1-15(34-20-4-2-3-19(24)21(20)25)22(31)29-11-10-28(13-17(29)14-30)16-5-7-18(8-6-16)36(32,33)27-23-26-9-12-35-23;;/h2-9,12,15,17,30H,10-11,13-14H2,1H3,(H,26,27);2*1H/t15-,17-;;/m1../s1. The second kappa shape index (κ2) is 11.2. The molecule has 1 saturated heterocycles. The van der Waals surface area contributed by atoms with Crippen LogP contribution in [-0.4, -0.2) is 67.7 Å². The molecule has 0 bridgehead atoms. The molecule has 0 aliphatic carbocycles. The molecule has 4 rings (SSSR count). The van der Waals surface area contributed by atoms with Crippen molar-refractivity contribution in [3.63, 3.8) is 0 Å². The maximum atomic E-state index is 13.1. The number of nitrogens with one attached hydrogen (secondary N) is 1. The fourth-order valence-electron chi connectivity index (χ4n) is 3.87. The molecule has 0 radical (unpaired) electrons. The van der Waals surface area contributed by atoms with E-state index in [0.29, 0.717) is 35.5 Å². The third-order valence-electron chi connectivity index (χ3n) is 5.71. The molecule has 9 nitrogen and oxygen atoms in total. The minimum absolute atomic E-state index is 0. The molecule has 0 saturated carbocycles. The highest BCUT2D eigenvalue weighted by molar-refractivity contribution is 7.93. The van der Waals surface area contributed by atoms with Crippen molar-refractivity contribution in [2.24, 2.45) is 0 Å². The number of nitrogens with zero attached hydrogens (tertiary/aromatic N) is 3. The highest BCUT2D eigenvalue weighted by atomic mass is 35.5. The number of rotatable bonds is 8. The van der Waals surface area contributed by atoms with Crippen LogP contribution in [0.1, 0.15) is 9.78 Å². The Labute approximate surface area is 226 Å². The quantitative estimate of drug-likeness (QED) is 0.414. The lowest BCUT2D eigenvalue weighted by atomic mass is 10.1. The lowest BCUT2D eigenvalue weighted by Gasteiger charge is -2.42. The number of halogens is 2. The van der Waals surface area contributed by atoms with Crippen LogP contribution in [0.25, 0.3) is 0 Å². The molecule has 3 aromatic rings. The fraction of sp³-hybridized carbons (Fsp3) is 0.304. The van der Waals surface area contributed by atoms with Crippen LogP contribution in [0.3, 0.4) is 0 Å². The van der Waals surface area contributed by atoms with E-state index >= 15 is 0 Å². The second-order valence-electron chi connectivity index (χ2n) is 8.06. The van der Waals surface area contributed by atoms with E-state index in [4.69, 9.17) is 27.9 Å². The minimum atomic E-state index is -3.75. The molecule has 2 atom stereocenters. The number of piperazine rings is 1. The highest BCUT2D eigenvalue weighted by Gasteiger charge is 2.33. The van der Waals surface area contributed by atoms with E-state index in [0.717, 1.165) is 5.69 Å². The predicted octanol–water partition coefficient (Wildman–Crippen LogP) is 4.22. The zero-order valence-electron chi connectivity index (χ0n) is 19.2. The molecule has 1 fully saturated rings. The number of aliphatic hydroxyl groups is 1. The first-order valence-corrected chi connectivity index (χ1v) is 14.1. The van der Waals surface area contributed by atoms with Gasteiger partial charge >= 0.3 is 0 Å². The first-order valence-electron chi connectivity index (χ1n) is 11.0. The lowest BCUT2D eigenvalue weighted by molar-refractivity contribution is -0.141. The smallest absolute Gasteiger partial charge is 0.263 e. The van der Waals surface area contributed by atoms with Gasteiger partial charge in [0.25, 0.3) is 15.9 Å². The summed E-state index contributed by atoms with van der Waals surface area (Å²) in [6.07, 6.45) is 0.684. The molecule has 1 amide bonds. The number of amides is 1. The van der Waals surface area contributed by atoms with Crippen LogP contribution in [-0.2, 0) is 14.8 Å². The first kappa shape index (κ1) is 26.5. The van der Waals surface area contributed by atoms with Gasteiger partial charge < -0.3 is 19.6 Å². The summed E-state index contributed by atoms with van der Waals surface area (Å²) in [5, 5.41) is 12.5. The number of carbonyl (C=O) groups excluding carboxylic acids is 1. The number of benzene rings is 2. The van der Waals surface area contributed by atoms with Crippen LogP contribution in [0.2, 0.25) is 10.0 Å². The van der Waals surface area contributed by atoms with Gasteiger partial charge in [0.05, 0.1) is 22.6 Å². The Kier molecular flexibility index (Phi) is 8.26. The van der Waals surface area contributed by atoms with Crippen molar-refractivity contribution in [1.82, 2.24) is 9.88 Å². The number of carbonyl (C=O) groups is 1. The van der Waals surface area contributed by atoms with Gasteiger partial charge in [-0.05, 0) is 43.3 Å². The number of hydrogen-bond acceptors (Lipinski definition) is 8. The summed E-state index contributed by atoms with van der Waals surface area (Å²) >= 11 is 13.4. The van der Waals surface area contributed by atoms with Crippen molar-refractivity contribution < 1.29 is 25.9 Å². The molecule has 2 aromatic carbocycles. The first-order chi connectivity index (χ1) is 17.2. The Hall–Kier alpha value is -2.57. The number of aliphatic hydroxyl groups excluding tert-OH is 1. The molecule has 0 spiro atoms. The zero-order valence-corrected chi connectivity index (χ0v) is 22.3. The Balaban J connectivity index is 0.00000253. The van der Waals surface area contributed by atoms with Gasteiger partial charge in [-0.3, -0.25) is 9.52 Å². The summed E-state index contributed by atoms with van der Waals surface area (Å²) < 4.78 is 33.4. The van der Waals surface area contributed by atoms with E-state index in [9.17, 15) is 18.3 Å². The fourth-order valence-corrected chi connectivity index (χ4v) is 5.99. The van der Waals surface area contributed by atoms with Gasteiger partial charge in [-0.15, -0.1) is 11.3 Å². The molecule has 2 N–H and O–H groups in total. The summed E-state index contributed by atoms with van der Waals surface area (Å²) in [6, 6.07) is 10.9. The predicted molar refractivity (Wildman–Crippen MR) is 145 cm³/mol. The van der Waals surface area contributed by atoms with Crippen LogP contribution in [0.5, 0.6) is 5.75 Å². The average molecular weight is 576 g/mol. The molecule has 36 heavy (non-hydrogen) atoms. The van der Waals surface area contributed by atoms with Gasteiger partial charge in [-0.2, -0.15) is 0 Å². The van der Waals surface area contributed by atoms with Gasteiger partial charge in [0.1, 0.15) is 10.8 Å². The minimum Gasteiger partial charge on any atom is -0.479 e. The highest BCUT2D eigenvalue weighted by Crippen LogP contribution is 2.32. The zero-order chi connectivity index (χ0) is 25.9. The summed E-state index contributed by atoms with van der Waals surface area (Å²) in [5.41, 5.74) is 0.781. The molecule has 1 aliphatic rings. The van der Waals surface area contributed by atoms with Crippen molar-refractivity contribution >= 4 is 61.3 Å². The molecule has 196 valence electrons. The number of aromatic nitrogens is 1. The van der Waals surface area contributed by atoms with Crippen LogP contribution >= 0.6 is 34.5 Å². The average Bonchev–Trinajstić information content (AvgIpc) is 3.38. The Morgan fingerprint density at radius 3 is 2.69 bits per heavy atom. The molecule has 2 heterocycles. The van der Waals surface area contributed by atoms with Gasteiger partial charge in [0.15, 0.2) is 11.2 Å². The van der Waals surface area contributed by atoms with Crippen molar-refractivity contribution in [1.29, 1.82) is 0 Å². The topological polar surface area (TPSA) is 112 Å². The van der Waals surface area contributed by atoms with E-state index in [1.807, 2.05) is 4.90 Å². The van der Waals surface area contributed by atoms with E-state index in [-0.39, 0.29) is 25.3 Å². The number of ether oxygens (including phenoxy) is 1. The summed E-state index contributed by atoms with van der Waals surface area (Å²) in [5.74, 6) is 0.0306. The number of thiazole rings is 1. The van der Waals surface area contributed by atoms with Crippen molar-refractivity contribution in [2.75, 3.05) is 35.9 Å². The Morgan fingerprint density at radius 1 is 1.28 bits per heavy atom. The van der Waals surface area contributed by atoms with Crippen LogP contribution in [0.4, 0.5) is 10.8 Å². The SMILES string of the molecule is C[C@@H](Oc1cccc(Cl)c1Cl)C(=O)N1CCN(c2ccc(S(=O)(=O)Nc3nccs3)cc2)C[C@@H]1CO.[HH].[HH]. The maximum Gasteiger partial charge on any atom is 0.263 e. The van der Waals surface area contributed by atoms with Gasteiger partial charge in [-0.25, -0.2) is 13.4 Å². The Morgan fingerprint density at radius 2 is 2.03 bits per heavy atom. The van der Waals surface area contributed by atoms with E-state index in [2.05, 4.69) is 9.71 Å². The van der Waals surface area contributed by atoms with E-state index < -0.39 is 22.2 Å². The molecule has 1 aromatic heterocycles. The van der Waals surface area contributed by atoms with Crippen LogP contribution < -0.4 is 14.4 Å². The third-order valence-corrected chi connectivity index (χ3v) is 8.68. The Bertz CT molecular complexity index is 1320. The van der Waals surface area contributed by atoms with Crippen LogP contribution in [0.15, 0.2) is 58.9 Å². The maximum absolute atomic E-state index is 13.1. The van der Waals surface area contributed by atoms with Gasteiger partial charge in [0, 0.05) is 39.8 Å². The van der Waals surface area contributed by atoms with Crippen molar-refractivity contribution in [2.45, 2.75) is 24.0 Å². The van der Waals surface area contributed by atoms with E-state index in [1.165, 1.54) is 29.7 Å². The van der Waals surface area contributed by atoms with Gasteiger partial charge in [0.2, 0.25) is 0 Å².